The van der Waals surface area contributed by atoms with E-state index in [4.69, 9.17) is 22.1 Å². The van der Waals surface area contributed by atoms with Crippen LogP contribution in [-0.4, -0.2) is 36.8 Å². The molecule has 142 valence electrons. The fraction of sp³-hybridized carbons (Fsp3) is 0.278. The van der Waals surface area contributed by atoms with Crippen molar-refractivity contribution in [1.82, 2.24) is 14.5 Å². The minimum Gasteiger partial charge on any atom is -0.490 e. The average molecular weight is 407 g/mol. The van der Waals surface area contributed by atoms with E-state index in [-0.39, 0.29) is 10.9 Å². The Bertz CT molecular complexity index is 1070. The van der Waals surface area contributed by atoms with E-state index in [1.54, 1.807) is 24.3 Å². The van der Waals surface area contributed by atoms with E-state index in [0.717, 1.165) is 23.5 Å². The number of halogens is 1. The van der Waals surface area contributed by atoms with E-state index in [1.165, 1.54) is 18.3 Å². The number of fused-ring (bicyclic) bond motifs is 1. The third-order valence-corrected chi connectivity index (χ3v) is 6.53. The average Bonchev–Trinajstić information content (AvgIpc) is 3.31. The van der Waals surface area contributed by atoms with Crippen LogP contribution in [0.2, 0.25) is 5.02 Å². The van der Waals surface area contributed by atoms with Gasteiger partial charge in [-0.25, -0.2) is 0 Å². The van der Waals surface area contributed by atoms with Gasteiger partial charge in [-0.2, -0.15) is 17.6 Å². The molecule has 2 aromatic carbocycles. The van der Waals surface area contributed by atoms with Crippen molar-refractivity contribution in [1.29, 1.82) is 0 Å². The molecule has 0 saturated carbocycles. The minimum absolute atomic E-state index is 0.106. The van der Waals surface area contributed by atoms with E-state index in [2.05, 4.69) is 10.4 Å². The van der Waals surface area contributed by atoms with Crippen LogP contribution in [-0.2, 0) is 10.0 Å². The molecule has 0 amide bonds. The Morgan fingerprint density at radius 2 is 2.04 bits per heavy atom. The van der Waals surface area contributed by atoms with Crippen LogP contribution >= 0.6 is 11.6 Å². The van der Waals surface area contributed by atoms with Gasteiger partial charge in [0.15, 0.2) is 0 Å². The molecule has 27 heavy (non-hydrogen) atoms. The second-order valence-electron chi connectivity index (χ2n) is 6.48. The van der Waals surface area contributed by atoms with E-state index < -0.39 is 10.0 Å². The molecule has 0 bridgehead atoms. The Morgan fingerprint density at radius 3 is 2.74 bits per heavy atom. The number of anilines is 1. The Morgan fingerprint density at radius 1 is 1.26 bits per heavy atom. The van der Waals surface area contributed by atoms with E-state index in [9.17, 15) is 8.42 Å². The lowest BCUT2D eigenvalue weighted by molar-refractivity contribution is 0.280. The van der Waals surface area contributed by atoms with E-state index in [0.29, 0.717) is 34.0 Å². The molecule has 7 nitrogen and oxygen atoms in total. The summed E-state index contributed by atoms with van der Waals surface area (Å²) >= 11 is 6.30. The van der Waals surface area contributed by atoms with Gasteiger partial charge in [0.25, 0.3) is 10.0 Å². The number of nitrogens with one attached hydrogen (secondary N) is 1. The van der Waals surface area contributed by atoms with Crippen molar-refractivity contribution in [2.75, 3.05) is 18.9 Å². The van der Waals surface area contributed by atoms with Gasteiger partial charge in [0.1, 0.15) is 12.4 Å². The molecule has 0 spiro atoms. The smallest absolute Gasteiger partial charge is 0.283 e. The highest BCUT2D eigenvalue weighted by molar-refractivity contribution is 7.90. The summed E-state index contributed by atoms with van der Waals surface area (Å²) < 4.78 is 32.8. The number of nitrogens with two attached hydrogens (primary N) is 1. The molecule has 3 aromatic rings. The molecule has 0 aliphatic carbocycles. The molecule has 3 N–H and O–H groups in total. The van der Waals surface area contributed by atoms with Gasteiger partial charge in [-0.3, -0.25) is 0 Å². The van der Waals surface area contributed by atoms with Crippen LogP contribution in [0, 0.1) is 0 Å². The molecule has 0 unspecified atom stereocenters. The lowest BCUT2D eigenvalue weighted by atomic mass is 10.2. The zero-order valence-electron chi connectivity index (χ0n) is 14.4. The fourth-order valence-electron chi connectivity index (χ4n) is 3.19. The van der Waals surface area contributed by atoms with Crippen molar-refractivity contribution in [2.45, 2.75) is 23.8 Å². The Kier molecular flexibility index (Phi) is 4.71. The van der Waals surface area contributed by atoms with Gasteiger partial charge in [-0.1, -0.05) is 11.6 Å². The van der Waals surface area contributed by atoms with Crippen LogP contribution in [0.1, 0.15) is 12.8 Å². The van der Waals surface area contributed by atoms with Gasteiger partial charge < -0.3 is 15.8 Å². The molecular weight excluding hydrogens is 388 g/mol. The molecule has 1 aliphatic heterocycles. The van der Waals surface area contributed by atoms with Gasteiger partial charge in [0.05, 0.1) is 27.0 Å². The molecule has 1 aliphatic rings. The van der Waals surface area contributed by atoms with Crippen molar-refractivity contribution >= 4 is 38.2 Å². The molecule has 9 heteroatoms. The molecule has 0 radical (unpaired) electrons. The number of hydrogen-bond acceptors (Lipinski definition) is 6. The van der Waals surface area contributed by atoms with E-state index in [1.807, 2.05) is 0 Å². The van der Waals surface area contributed by atoms with Gasteiger partial charge in [0, 0.05) is 11.7 Å². The number of nitrogens with zero attached hydrogens (tertiary/aromatic N) is 2. The second-order valence-corrected chi connectivity index (χ2v) is 8.65. The van der Waals surface area contributed by atoms with Crippen LogP contribution < -0.4 is 15.8 Å². The number of ether oxygens (including phenoxy) is 1. The first-order valence-corrected chi connectivity index (χ1v) is 10.4. The predicted octanol–water partition coefficient (Wildman–Crippen LogP) is 2.64. The number of aromatic nitrogens is 2. The van der Waals surface area contributed by atoms with Crippen LogP contribution in [0.4, 0.5) is 5.69 Å². The Labute approximate surface area is 162 Å². The van der Waals surface area contributed by atoms with Crippen molar-refractivity contribution in [3.05, 3.63) is 47.6 Å². The first kappa shape index (κ1) is 18.1. The third kappa shape index (κ3) is 3.36. The quantitative estimate of drug-likeness (QED) is 0.632. The summed E-state index contributed by atoms with van der Waals surface area (Å²) in [7, 11) is -3.86. The summed E-state index contributed by atoms with van der Waals surface area (Å²) in [5, 5.41) is 8.42. The van der Waals surface area contributed by atoms with Crippen LogP contribution in [0.15, 0.2) is 47.5 Å². The van der Waals surface area contributed by atoms with Crippen LogP contribution in [0.3, 0.4) is 0 Å². The predicted molar refractivity (Wildman–Crippen MR) is 105 cm³/mol. The topological polar surface area (TPSA) is 99.2 Å². The highest BCUT2D eigenvalue weighted by Gasteiger charge is 2.23. The SMILES string of the molecule is Nc1ccc(S(=O)(=O)n2ncc3c(OC[C@@H]4CCCN4)c(Cl)ccc32)cc1. The summed E-state index contributed by atoms with van der Waals surface area (Å²) in [6.07, 6.45) is 3.62. The van der Waals surface area contributed by atoms with Crippen LogP contribution in [0.25, 0.3) is 10.9 Å². The summed E-state index contributed by atoms with van der Waals surface area (Å²) in [5.74, 6) is 0.446. The maximum Gasteiger partial charge on any atom is 0.283 e. The monoisotopic (exact) mass is 406 g/mol. The first-order chi connectivity index (χ1) is 13.0. The Hall–Kier alpha value is -2.29. The van der Waals surface area contributed by atoms with Crippen molar-refractivity contribution < 1.29 is 13.2 Å². The number of nitrogen functional groups attached to an aromatic ring is 1. The molecule has 1 aromatic heterocycles. The summed E-state index contributed by atoms with van der Waals surface area (Å²) in [4.78, 5) is 0.106. The van der Waals surface area contributed by atoms with Crippen molar-refractivity contribution in [2.24, 2.45) is 0 Å². The standard InChI is InChI=1S/C18H19ClN4O3S/c19-16-7-8-17-15(18(16)26-11-13-2-1-9-21-13)10-22-23(17)27(24,25)14-5-3-12(20)4-6-14/h3-8,10,13,21H,1-2,9,11,20H2/t13-/m0/s1. The lowest BCUT2D eigenvalue weighted by Crippen LogP contribution is -2.28. The molecule has 4 rings (SSSR count). The minimum atomic E-state index is -3.86. The normalized spacial score (nSPS) is 17.4. The van der Waals surface area contributed by atoms with Crippen molar-refractivity contribution in [3.8, 4) is 5.75 Å². The highest BCUT2D eigenvalue weighted by atomic mass is 35.5. The molecule has 2 heterocycles. The maximum absolute atomic E-state index is 13.0. The highest BCUT2D eigenvalue weighted by Crippen LogP contribution is 2.35. The summed E-state index contributed by atoms with van der Waals surface area (Å²) in [5.41, 5.74) is 6.54. The third-order valence-electron chi connectivity index (χ3n) is 4.62. The first-order valence-electron chi connectivity index (χ1n) is 8.60. The molecule has 1 fully saturated rings. The molecular formula is C18H19ClN4O3S. The van der Waals surface area contributed by atoms with Gasteiger partial charge in [-0.15, -0.1) is 0 Å². The lowest BCUT2D eigenvalue weighted by Gasteiger charge is -2.14. The zero-order chi connectivity index (χ0) is 19.0. The van der Waals surface area contributed by atoms with Crippen LogP contribution in [0.5, 0.6) is 5.75 Å². The summed E-state index contributed by atoms with van der Waals surface area (Å²) in [6, 6.07) is 9.51. The van der Waals surface area contributed by atoms with Crippen molar-refractivity contribution in [3.63, 3.8) is 0 Å². The second kappa shape index (κ2) is 7.03. The molecule has 1 atom stereocenters. The summed E-state index contributed by atoms with van der Waals surface area (Å²) in [6.45, 7) is 1.44. The Balaban J connectivity index is 1.73. The number of rotatable bonds is 5. The number of benzene rings is 2. The van der Waals surface area contributed by atoms with Gasteiger partial charge >= 0.3 is 0 Å². The maximum atomic E-state index is 13.0. The van der Waals surface area contributed by atoms with E-state index >= 15 is 0 Å². The largest absolute Gasteiger partial charge is 0.490 e. The molecule has 1 saturated heterocycles. The zero-order valence-corrected chi connectivity index (χ0v) is 16.0. The van der Waals surface area contributed by atoms with Gasteiger partial charge in [0.2, 0.25) is 0 Å². The fourth-order valence-corrected chi connectivity index (χ4v) is 4.68. The number of hydrogen-bond donors (Lipinski definition) is 2. The van der Waals surface area contributed by atoms with Gasteiger partial charge in [-0.05, 0) is 55.8 Å².